The van der Waals surface area contributed by atoms with E-state index in [0.717, 1.165) is 17.1 Å². The second-order valence-electron chi connectivity index (χ2n) is 8.22. The SMILES string of the molecule is COc1ccc(N(C(=O)c2csnn2)[C@H](C(=O)NC(C)(C)C)c2ccc(C)cc2)cc1. The van der Waals surface area contributed by atoms with Crippen LogP contribution in [0.4, 0.5) is 5.69 Å². The summed E-state index contributed by atoms with van der Waals surface area (Å²) in [4.78, 5) is 28.5. The minimum Gasteiger partial charge on any atom is -0.497 e. The van der Waals surface area contributed by atoms with Crippen molar-refractivity contribution in [1.82, 2.24) is 14.9 Å². The summed E-state index contributed by atoms with van der Waals surface area (Å²) < 4.78 is 9.07. The molecule has 2 amide bonds. The molecule has 162 valence electrons. The molecule has 8 heteroatoms. The summed E-state index contributed by atoms with van der Waals surface area (Å²) in [6.45, 7) is 7.68. The molecule has 1 heterocycles. The summed E-state index contributed by atoms with van der Waals surface area (Å²) >= 11 is 1.09. The van der Waals surface area contributed by atoms with Gasteiger partial charge in [0, 0.05) is 16.6 Å². The van der Waals surface area contributed by atoms with Gasteiger partial charge < -0.3 is 10.1 Å². The third-order valence-corrected chi connectivity index (χ3v) is 5.05. The lowest BCUT2D eigenvalue weighted by Crippen LogP contribution is -2.49. The number of carbonyl (C=O) groups excluding carboxylic acids is 2. The van der Waals surface area contributed by atoms with Crippen molar-refractivity contribution in [2.45, 2.75) is 39.3 Å². The fourth-order valence-electron chi connectivity index (χ4n) is 3.11. The van der Waals surface area contributed by atoms with Crippen molar-refractivity contribution in [3.63, 3.8) is 0 Å². The molecular formula is C23H26N4O3S. The number of amides is 2. The van der Waals surface area contributed by atoms with Crippen LogP contribution in [0.25, 0.3) is 0 Å². The fraction of sp³-hybridized carbons (Fsp3) is 0.304. The summed E-state index contributed by atoms with van der Waals surface area (Å²) in [5, 5.41) is 8.53. The lowest BCUT2D eigenvalue weighted by Gasteiger charge is -2.33. The van der Waals surface area contributed by atoms with Gasteiger partial charge in [-0.3, -0.25) is 14.5 Å². The molecule has 1 atom stereocenters. The van der Waals surface area contributed by atoms with E-state index in [9.17, 15) is 9.59 Å². The average Bonchev–Trinajstić information content (AvgIpc) is 3.26. The van der Waals surface area contributed by atoms with E-state index in [2.05, 4.69) is 14.9 Å². The van der Waals surface area contributed by atoms with E-state index in [4.69, 9.17) is 4.74 Å². The lowest BCUT2D eigenvalue weighted by atomic mass is 9.99. The Morgan fingerprint density at radius 3 is 2.23 bits per heavy atom. The number of methoxy groups -OCH3 is 1. The maximum atomic E-state index is 13.5. The highest BCUT2D eigenvalue weighted by atomic mass is 32.1. The molecule has 0 unspecified atom stereocenters. The van der Waals surface area contributed by atoms with Gasteiger partial charge in [0.05, 0.1) is 7.11 Å². The summed E-state index contributed by atoms with van der Waals surface area (Å²) in [6.07, 6.45) is 0. The van der Waals surface area contributed by atoms with Crippen LogP contribution in [-0.4, -0.2) is 34.1 Å². The van der Waals surface area contributed by atoms with Crippen molar-refractivity contribution in [3.8, 4) is 5.75 Å². The molecule has 0 saturated heterocycles. The van der Waals surface area contributed by atoms with Crippen LogP contribution in [0.2, 0.25) is 0 Å². The summed E-state index contributed by atoms with van der Waals surface area (Å²) in [5.74, 6) is -0.0465. The van der Waals surface area contributed by atoms with Gasteiger partial charge in [0.1, 0.15) is 11.8 Å². The van der Waals surface area contributed by atoms with E-state index >= 15 is 0 Å². The maximum Gasteiger partial charge on any atom is 0.280 e. The number of nitrogens with one attached hydrogen (secondary N) is 1. The molecule has 2 aromatic carbocycles. The number of ether oxygens (including phenoxy) is 1. The Morgan fingerprint density at radius 2 is 1.71 bits per heavy atom. The first-order valence-electron chi connectivity index (χ1n) is 9.83. The Labute approximate surface area is 186 Å². The van der Waals surface area contributed by atoms with E-state index in [1.807, 2.05) is 52.0 Å². The monoisotopic (exact) mass is 438 g/mol. The van der Waals surface area contributed by atoms with Gasteiger partial charge >= 0.3 is 0 Å². The molecule has 3 rings (SSSR count). The van der Waals surface area contributed by atoms with Crippen LogP contribution < -0.4 is 15.0 Å². The van der Waals surface area contributed by atoms with Crippen LogP contribution in [-0.2, 0) is 4.79 Å². The number of rotatable bonds is 6. The highest BCUT2D eigenvalue weighted by molar-refractivity contribution is 7.03. The molecule has 0 spiro atoms. The first-order valence-corrected chi connectivity index (χ1v) is 10.7. The largest absolute Gasteiger partial charge is 0.497 e. The zero-order chi connectivity index (χ0) is 22.6. The molecule has 0 aliphatic heterocycles. The zero-order valence-electron chi connectivity index (χ0n) is 18.2. The van der Waals surface area contributed by atoms with Crippen LogP contribution in [0, 0.1) is 6.92 Å². The minimum absolute atomic E-state index is 0.182. The third kappa shape index (κ3) is 5.46. The number of benzene rings is 2. The number of anilines is 1. The van der Waals surface area contributed by atoms with Gasteiger partial charge in [-0.15, -0.1) is 5.10 Å². The molecule has 31 heavy (non-hydrogen) atoms. The molecule has 7 nitrogen and oxygen atoms in total. The van der Waals surface area contributed by atoms with Crippen molar-refractivity contribution in [3.05, 3.63) is 70.7 Å². The first-order chi connectivity index (χ1) is 14.7. The molecule has 0 radical (unpaired) electrons. The Balaban J connectivity index is 2.16. The summed E-state index contributed by atoms with van der Waals surface area (Å²) in [6, 6.07) is 13.7. The number of hydrogen-bond donors (Lipinski definition) is 1. The fourth-order valence-corrected chi connectivity index (χ4v) is 3.54. The van der Waals surface area contributed by atoms with Gasteiger partial charge in [0.15, 0.2) is 5.69 Å². The number of hydrogen-bond acceptors (Lipinski definition) is 6. The Hall–Kier alpha value is -3.26. The predicted molar refractivity (Wildman–Crippen MR) is 122 cm³/mol. The van der Waals surface area contributed by atoms with Crippen LogP contribution >= 0.6 is 11.5 Å². The summed E-state index contributed by atoms with van der Waals surface area (Å²) in [7, 11) is 1.57. The van der Waals surface area contributed by atoms with Crippen molar-refractivity contribution < 1.29 is 14.3 Å². The van der Waals surface area contributed by atoms with Gasteiger partial charge in [0.2, 0.25) is 5.91 Å². The third-order valence-electron chi connectivity index (χ3n) is 4.55. The second-order valence-corrected chi connectivity index (χ2v) is 8.83. The van der Waals surface area contributed by atoms with E-state index in [1.165, 1.54) is 4.90 Å². The molecular weight excluding hydrogens is 412 g/mol. The smallest absolute Gasteiger partial charge is 0.280 e. The minimum atomic E-state index is -0.901. The zero-order valence-corrected chi connectivity index (χ0v) is 19.1. The van der Waals surface area contributed by atoms with Crippen molar-refractivity contribution in [2.24, 2.45) is 0 Å². The average molecular weight is 439 g/mol. The lowest BCUT2D eigenvalue weighted by molar-refractivity contribution is -0.123. The Bertz CT molecular complexity index is 1030. The Morgan fingerprint density at radius 1 is 1.06 bits per heavy atom. The predicted octanol–water partition coefficient (Wildman–Crippen LogP) is 4.16. The molecule has 3 aromatic rings. The Kier molecular flexibility index (Phi) is 6.70. The molecule has 0 aliphatic rings. The second kappa shape index (κ2) is 9.26. The van der Waals surface area contributed by atoms with Crippen molar-refractivity contribution >= 4 is 29.0 Å². The van der Waals surface area contributed by atoms with Crippen LogP contribution in [0.1, 0.15) is 48.4 Å². The van der Waals surface area contributed by atoms with E-state index in [1.54, 1.807) is 36.8 Å². The molecule has 1 aromatic heterocycles. The number of aryl methyl sites for hydroxylation is 1. The maximum absolute atomic E-state index is 13.5. The molecule has 0 aliphatic carbocycles. The van der Waals surface area contributed by atoms with Gasteiger partial charge in [-0.05, 0) is 69.1 Å². The van der Waals surface area contributed by atoms with Crippen molar-refractivity contribution in [1.29, 1.82) is 0 Å². The van der Waals surface area contributed by atoms with Gasteiger partial charge in [0.25, 0.3) is 5.91 Å². The van der Waals surface area contributed by atoms with Crippen LogP contribution in [0.15, 0.2) is 53.9 Å². The highest BCUT2D eigenvalue weighted by Gasteiger charge is 2.35. The van der Waals surface area contributed by atoms with Gasteiger partial charge in [-0.2, -0.15) is 0 Å². The van der Waals surface area contributed by atoms with E-state index < -0.39 is 17.5 Å². The van der Waals surface area contributed by atoms with E-state index in [0.29, 0.717) is 17.0 Å². The molecule has 0 bridgehead atoms. The highest BCUT2D eigenvalue weighted by Crippen LogP contribution is 2.31. The number of carbonyl (C=O) groups is 2. The van der Waals surface area contributed by atoms with Crippen molar-refractivity contribution in [2.75, 3.05) is 12.0 Å². The first kappa shape index (κ1) is 22.4. The normalized spacial score (nSPS) is 12.2. The van der Waals surface area contributed by atoms with Gasteiger partial charge in [-0.25, -0.2) is 0 Å². The van der Waals surface area contributed by atoms with Gasteiger partial charge in [-0.1, -0.05) is 34.3 Å². The number of aromatic nitrogens is 2. The molecule has 1 N–H and O–H groups in total. The molecule has 0 fully saturated rings. The van der Waals surface area contributed by atoms with Crippen LogP contribution in [0.3, 0.4) is 0 Å². The molecule has 0 saturated carbocycles. The quantitative estimate of drug-likeness (QED) is 0.625. The topological polar surface area (TPSA) is 84.4 Å². The number of nitrogens with zero attached hydrogens (tertiary/aromatic N) is 3. The van der Waals surface area contributed by atoms with E-state index in [-0.39, 0.29) is 11.6 Å². The standard InChI is InChI=1S/C23H26N4O3S/c1-15-6-8-16(9-7-15)20(21(28)24-23(2,3)4)27(22(29)19-14-31-26-25-19)17-10-12-18(30-5)13-11-17/h6-14,20H,1-5H3,(H,24,28)/t20-/m0/s1. The van der Waals surface area contributed by atoms with Crippen LogP contribution in [0.5, 0.6) is 5.75 Å². The summed E-state index contributed by atoms with van der Waals surface area (Å²) in [5.41, 5.74) is 2.01.